The van der Waals surface area contributed by atoms with Crippen LogP contribution in [0.3, 0.4) is 0 Å². The topological polar surface area (TPSA) is 27.6 Å². The number of nitrogens with one attached hydrogen (secondary N) is 1. The molecular weight excluding hydrogens is 270 g/mol. The SMILES string of the molecule is CN1c2ccc(Cc3ccccc3)cc2CC1C1=NCCN1. The van der Waals surface area contributed by atoms with Crippen LogP contribution in [-0.4, -0.2) is 32.0 Å². The lowest BCUT2D eigenvalue weighted by Crippen LogP contribution is -2.41. The molecule has 1 unspecified atom stereocenters. The summed E-state index contributed by atoms with van der Waals surface area (Å²) in [6, 6.07) is 17.9. The summed E-state index contributed by atoms with van der Waals surface area (Å²) in [5, 5.41) is 3.43. The van der Waals surface area contributed by atoms with Crippen molar-refractivity contribution in [1.29, 1.82) is 0 Å². The van der Waals surface area contributed by atoms with Gasteiger partial charge in [-0.25, -0.2) is 0 Å². The molecule has 3 heteroatoms. The molecule has 22 heavy (non-hydrogen) atoms. The average Bonchev–Trinajstić information content (AvgIpc) is 3.17. The van der Waals surface area contributed by atoms with E-state index in [1.54, 1.807) is 0 Å². The molecule has 0 aromatic heterocycles. The van der Waals surface area contributed by atoms with Gasteiger partial charge in [-0.15, -0.1) is 0 Å². The number of nitrogens with zero attached hydrogens (tertiary/aromatic N) is 2. The zero-order valence-corrected chi connectivity index (χ0v) is 12.9. The van der Waals surface area contributed by atoms with E-state index in [0.717, 1.165) is 31.8 Å². The maximum absolute atomic E-state index is 4.61. The predicted octanol–water partition coefficient (Wildman–Crippen LogP) is 2.64. The summed E-state index contributed by atoms with van der Waals surface area (Å²) in [7, 11) is 2.18. The fourth-order valence-electron chi connectivity index (χ4n) is 3.52. The number of amidine groups is 1. The smallest absolute Gasteiger partial charge is 0.120 e. The molecule has 2 heterocycles. The number of hydrogen-bond donors (Lipinski definition) is 1. The molecule has 1 atom stereocenters. The molecule has 0 saturated heterocycles. The summed E-state index contributed by atoms with van der Waals surface area (Å²) in [6.07, 6.45) is 2.06. The van der Waals surface area contributed by atoms with Crippen LogP contribution in [-0.2, 0) is 12.8 Å². The number of hydrogen-bond acceptors (Lipinski definition) is 3. The van der Waals surface area contributed by atoms with Crippen molar-refractivity contribution in [3.05, 3.63) is 65.2 Å². The number of fused-ring (bicyclic) bond motifs is 1. The van der Waals surface area contributed by atoms with E-state index in [9.17, 15) is 0 Å². The van der Waals surface area contributed by atoms with Crippen LogP contribution in [0.4, 0.5) is 5.69 Å². The Hall–Kier alpha value is -2.29. The van der Waals surface area contributed by atoms with Gasteiger partial charge in [0.15, 0.2) is 0 Å². The van der Waals surface area contributed by atoms with Crippen LogP contribution in [0, 0.1) is 0 Å². The summed E-state index contributed by atoms with van der Waals surface area (Å²) in [4.78, 5) is 6.97. The van der Waals surface area contributed by atoms with Gasteiger partial charge >= 0.3 is 0 Å². The fraction of sp³-hybridized carbons (Fsp3) is 0.316. The van der Waals surface area contributed by atoms with Crippen molar-refractivity contribution in [1.82, 2.24) is 5.32 Å². The molecule has 0 fully saturated rings. The fourth-order valence-corrected chi connectivity index (χ4v) is 3.52. The summed E-state index contributed by atoms with van der Waals surface area (Å²) in [6.45, 7) is 1.89. The van der Waals surface area contributed by atoms with Gasteiger partial charge in [0, 0.05) is 25.7 Å². The van der Waals surface area contributed by atoms with Crippen LogP contribution in [0.25, 0.3) is 0 Å². The Morgan fingerprint density at radius 2 is 2.00 bits per heavy atom. The molecule has 2 aromatic rings. The first-order chi connectivity index (χ1) is 10.8. The van der Waals surface area contributed by atoms with Crippen LogP contribution < -0.4 is 10.2 Å². The highest BCUT2D eigenvalue weighted by Crippen LogP contribution is 2.32. The van der Waals surface area contributed by atoms with Gasteiger partial charge in [0.1, 0.15) is 5.84 Å². The van der Waals surface area contributed by atoms with Crippen molar-refractivity contribution in [2.75, 3.05) is 25.0 Å². The quantitative estimate of drug-likeness (QED) is 0.941. The number of rotatable bonds is 3. The van der Waals surface area contributed by atoms with E-state index in [2.05, 4.69) is 70.8 Å². The second-order valence-corrected chi connectivity index (χ2v) is 6.15. The minimum absolute atomic E-state index is 0.379. The largest absolute Gasteiger partial charge is 0.370 e. The maximum Gasteiger partial charge on any atom is 0.120 e. The van der Waals surface area contributed by atoms with E-state index >= 15 is 0 Å². The Labute approximate surface area is 131 Å². The van der Waals surface area contributed by atoms with Gasteiger partial charge in [0.25, 0.3) is 0 Å². The Balaban J connectivity index is 1.57. The van der Waals surface area contributed by atoms with Crippen LogP contribution in [0.15, 0.2) is 53.5 Å². The van der Waals surface area contributed by atoms with E-state index in [-0.39, 0.29) is 0 Å². The zero-order chi connectivity index (χ0) is 14.9. The molecule has 2 aromatic carbocycles. The van der Waals surface area contributed by atoms with Crippen molar-refractivity contribution >= 4 is 11.5 Å². The molecule has 0 aliphatic carbocycles. The van der Waals surface area contributed by atoms with Gasteiger partial charge in [0.05, 0.1) is 12.6 Å². The van der Waals surface area contributed by atoms with Gasteiger partial charge in [-0.05, 0) is 29.2 Å². The third-order valence-corrected chi connectivity index (χ3v) is 4.67. The lowest BCUT2D eigenvalue weighted by atomic mass is 10.0. The zero-order valence-electron chi connectivity index (χ0n) is 12.9. The molecule has 0 radical (unpaired) electrons. The van der Waals surface area contributed by atoms with Gasteiger partial charge < -0.3 is 10.2 Å². The van der Waals surface area contributed by atoms with E-state index in [1.165, 1.54) is 22.4 Å². The third-order valence-electron chi connectivity index (χ3n) is 4.67. The van der Waals surface area contributed by atoms with E-state index in [1.807, 2.05) is 0 Å². The normalized spacial score (nSPS) is 19.8. The minimum Gasteiger partial charge on any atom is -0.370 e. The number of anilines is 1. The Kier molecular flexibility index (Phi) is 3.34. The van der Waals surface area contributed by atoms with E-state index < -0.39 is 0 Å². The van der Waals surface area contributed by atoms with Gasteiger partial charge in [0.2, 0.25) is 0 Å². The molecule has 2 aliphatic rings. The summed E-state index contributed by atoms with van der Waals surface area (Å²) < 4.78 is 0. The molecule has 112 valence electrons. The number of aliphatic imine (C=N–C) groups is 1. The van der Waals surface area contributed by atoms with Crippen molar-refractivity contribution < 1.29 is 0 Å². The van der Waals surface area contributed by atoms with E-state index in [4.69, 9.17) is 0 Å². The predicted molar refractivity (Wildman–Crippen MR) is 91.9 cm³/mol. The Morgan fingerprint density at radius 1 is 1.14 bits per heavy atom. The van der Waals surface area contributed by atoms with Gasteiger partial charge in [-0.3, -0.25) is 4.99 Å². The number of likely N-dealkylation sites (N-methyl/N-ethyl adjacent to an activating group) is 1. The Morgan fingerprint density at radius 3 is 2.77 bits per heavy atom. The lowest BCUT2D eigenvalue weighted by Gasteiger charge is -2.22. The average molecular weight is 291 g/mol. The molecule has 0 bridgehead atoms. The highest BCUT2D eigenvalue weighted by molar-refractivity contribution is 5.93. The molecule has 1 N–H and O–H groups in total. The second-order valence-electron chi connectivity index (χ2n) is 6.15. The van der Waals surface area contributed by atoms with Gasteiger partial charge in [-0.1, -0.05) is 42.5 Å². The van der Waals surface area contributed by atoms with Crippen molar-refractivity contribution in [3.63, 3.8) is 0 Å². The molecule has 0 spiro atoms. The first-order valence-corrected chi connectivity index (χ1v) is 7.98. The molecule has 0 saturated carbocycles. The highest BCUT2D eigenvalue weighted by Gasteiger charge is 2.31. The summed E-state index contributed by atoms with van der Waals surface area (Å²) in [5.74, 6) is 1.16. The van der Waals surface area contributed by atoms with Crippen LogP contribution in [0.2, 0.25) is 0 Å². The maximum atomic E-state index is 4.61. The van der Waals surface area contributed by atoms with E-state index in [0.29, 0.717) is 6.04 Å². The van der Waals surface area contributed by atoms with Crippen LogP contribution in [0.1, 0.15) is 16.7 Å². The summed E-state index contributed by atoms with van der Waals surface area (Å²) in [5.41, 5.74) is 5.54. The molecule has 3 nitrogen and oxygen atoms in total. The Bertz CT molecular complexity index is 706. The first kappa shape index (κ1) is 13.4. The molecule has 2 aliphatic heterocycles. The van der Waals surface area contributed by atoms with Crippen LogP contribution >= 0.6 is 0 Å². The highest BCUT2D eigenvalue weighted by atomic mass is 15.2. The van der Waals surface area contributed by atoms with Crippen molar-refractivity contribution in [2.45, 2.75) is 18.9 Å². The van der Waals surface area contributed by atoms with Crippen molar-refractivity contribution in [2.24, 2.45) is 4.99 Å². The summed E-state index contributed by atoms with van der Waals surface area (Å²) >= 11 is 0. The number of benzene rings is 2. The monoisotopic (exact) mass is 291 g/mol. The first-order valence-electron chi connectivity index (χ1n) is 7.98. The third kappa shape index (κ3) is 2.37. The van der Waals surface area contributed by atoms with Gasteiger partial charge in [-0.2, -0.15) is 0 Å². The molecular formula is C19H21N3. The minimum atomic E-state index is 0.379. The molecule has 0 amide bonds. The standard InChI is InChI=1S/C19H21N3/c1-22-17-8-7-15(11-14-5-3-2-4-6-14)12-16(17)13-18(22)19-20-9-10-21-19/h2-8,12,18H,9-11,13H2,1H3,(H,20,21). The van der Waals surface area contributed by atoms with Crippen molar-refractivity contribution in [3.8, 4) is 0 Å². The van der Waals surface area contributed by atoms with Crippen LogP contribution in [0.5, 0.6) is 0 Å². The second kappa shape index (κ2) is 5.48. The lowest BCUT2D eigenvalue weighted by molar-refractivity contribution is 0.811. The molecule has 4 rings (SSSR count).